The maximum absolute atomic E-state index is 12.0. The van der Waals surface area contributed by atoms with E-state index < -0.39 is 11.2 Å². The van der Waals surface area contributed by atoms with Crippen LogP contribution in [0.2, 0.25) is 5.02 Å². The van der Waals surface area contributed by atoms with Crippen LogP contribution < -0.4 is 11.2 Å². The highest BCUT2D eigenvalue weighted by Crippen LogP contribution is 2.13. The van der Waals surface area contributed by atoms with Gasteiger partial charge in [-0.15, -0.1) is 15.0 Å². The molecule has 0 aliphatic heterocycles. The monoisotopic (exact) mass is 291 g/mol. The molecule has 0 spiro atoms. The van der Waals surface area contributed by atoms with E-state index in [1.54, 1.807) is 31.3 Å². The lowest BCUT2D eigenvalue weighted by Crippen LogP contribution is -2.36. The molecule has 0 atom stereocenters. The smallest absolute Gasteiger partial charge is 0.278 e. The van der Waals surface area contributed by atoms with Gasteiger partial charge >= 0.3 is 5.69 Å². The van der Waals surface area contributed by atoms with Crippen LogP contribution >= 0.6 is 11.6 Å². The van der Waals surface area contributed by atoms with Gasteiger partial charge in [-0.2, -0.15) is 0 Å². The molecule has 0 saturated heterocycles. The summed E-state index contributed by atoms with van der Waals surface area (Å²) in [5.41, 5.74) is 0.131. The van der Waals surface area contributed by atoms with Crippen LogP contribution in [0.1, 0.15) is 0 Å². The molecule has 8 heteroatoms. The van der Waals surface area contributed by atoms with Crippen LogP contribution in [0.15, 0.2) is 33.9 Å². The third kappa shape index (κ3) is 1.75. The lowest BCUT2D eigenvalue weighted by atomic mass is 10.3. The minimum Gasteiger partial charge on any atom is -0.278 e. The van der Waals surface area contributed by atoms with Gasteiger partial charge in [0.25, 0.3) is 5.56 Å². The molecular formula is C12H10ClN5O2. The Morgan fingerprint density at radius 3 is 2.30 bits per heavy atom. The first kappa shape index (κ1) is 12.6. The van der Waals surface area contributed by atoms with Gasteiger partial charge in [-0.25, -0.2) is 4.79 Å². The Kier molecular flexibility index (Phi) is 2.72. The molecule has 2 heterocycles. The molecule has 0 fully saturated rings. The maximum atomic E-state index is 12.0. The number of halogens is 1. The fraction of sp³-hybridized carbons (Fsp3) is 0.167. The molecule has 0 amide bonds. The van der Waals surface area contributed by atoms with Crippen LogP contribution in [0, 0.1) is 0 Å². The summed E-state index contributed by atoms with van der Waals surface area (Å²) in [6.07, 6.45) is 0. The van der Waals surface area contributed by atoms with E-state index in [0.717, 1.165) is 4.57 Å². The molecule has 2 aromatic heterocycles. The topological polar surface area (TPSA) is 74.7 Å². The van der Waals surface area contributed by atoms with E-state index in [-0.39, 0.29) is 11.2 Å². The number of fused-ring (bicyclic) bond motifs is 1. The predicted octanol–water partition coefficient (Wildman–Crippen LogP) is 0.471. The van der Waals surface area contributed by atoms with Gasteiger partial charge in [-0.3, -0.25) is 13.9 Å². The van der Waals surface area contributed by atoms with Crippen LogP contribution in [0.5, 0.6) is 0 Å². The largest absolute Gasteiger partial charge is 0.332 e. The van der Waals surface area contributed by atoms with Crippen molar-refractivity contribution in [1.29, 1.82) is 0 Å². The van der Waals surface area contributed by atoms with Crippen molar-refractivity contribution >= 4 is 22.8 Å². The zero-order valence-corrected chi connectivity index (χ0v) is 11.5. The van der Waals surface area contributed by atoms with E-state index in [9.17, 15) is 9.59 Å². The van der Waals surface area contributed by atoms with Gasteiger partial charge in [0.2, 0.25) is 0 Å². The van der Waals surface area contributed by atoms with Crippen LogP contribution in [0.3, 0.4) is 0 Å². The fourth-order valence-corrected chi connectivity index (χ4v) is 2.04. The summed E-state index contributed by atoms with van der Waals surface area (Å²) in [4.78, 5) is 25.1. The summed E-state index contributed by atoms with van der Waals surface area (Å²) in [5, 5.41) is 8.92. The van der Waals surface area contributed by atoms with Crippen LogP contribution in [-0.4, -0.2) is 24.1 Å². The van der Waals surface area contributed by atoms with E-state index >= 15 is 0 Å². The Bertz CT molecular complexity index is 920. The number of rotatable bonds is 1. The van der Waals surface area contributed by atoms with Gasteiger partial charge < -0.3 is 0 Å². The third-order valence-corrected chi connectivity index (χ3v) is 3.30. The Hall–Kier alpha value is -2.41. The molecule has 1 aromatic carbocycles. The molecule has 0 aliphatic rings. The van der Waals surface area contributed by atoms with Crippen molar-refractivity contribution in [3.8, 4) is 5.69 Å². The lowest BCUT2D eigenvalue weighted by Gasteiger charge is -1.99. The third-order valence-electron chi connectivity index (χ3n) is 3.05. The van der Waals surface area contributed by atoms with Crippen molar-refractivity contribution in [2.24, 2.45) is 14.1 Å². The van der Waals surface area contributed by atoms with E-state index in [1.165, 1.54) is 16.4 Å². The highest BCUT2D eigenvalue weighted by Gasteiger charge is 2.14. The first-order valence-electron chi connectivity index (χ1n) is 5.78. The number of aryl methyl sites for hydroxylation is 1. The first-order valence-corrected chi connectivity index (χ1v) is 6.16. The normalized spacial score (nSPS) is 11.2. The Balaban J connectivity index is 2.34. The SMILES string of the molecule is Cn1c(=O)c2nn(-c3ccc(Cl)cc3)nc2n(C)c1=O. The highest BCUT2D eigenvalue weighted by molar-refractivity contribution is 6.30. The van der Waals surface area contributed by atoms with Crippen LogP contribution in [0.4, 0.5) is 0 Å². The number of hydrogen-bond donors (Lipinski definition) is 0. The standard InChI is InChI=1S/C12H10ClN5O2/c1-16-10-9(11(19)17(2)12(16)20)14-18(15-10)8-5-3-7(13)4-6-8/h3-6H,1-2H3. The molecule has 0 unspecified atom stereocenters. The average Bonchev–Trinajstić information content (AvgIpc) is 2.89. The van der Waals surface area contributed by atoms with Gasteiger partial charge in [0.05, 0.1) is 5.69 Å². The molecule has 0 saturated carbocycles. The molecule has 0 radical (unpaired) electrons. The average molecular weight is 292 g/mol. The second kappa shape index (κ2) is 4.31. The van der Waals surface area contributed by atoms with E-state index in [4.69, 9.17) is 11.6 Å². The molecule has 7 nitrogen and oxygen atoms in total. The van der Waals surface area contributed by atoms with Gasteiger partial charge in [0.15, 0.2) is 11.2 Å². The lowest BCUT2D eigenvalue weighted by molar-refractivity contribution is 0.705. The number of nitrogens with zero attached hydrogens (tertiary/aromatic N) is 5. The highest BCUT2D eigenvalue weighted by atomic mass is 35.5. The second-order valence-electron chi connectivity index (χ2n) is 4.34. The molecule has 0 aliphatic carbocycles. The van der Waals surface area contributed by atoms with Crippen LogP contribution in [0.25, 0.3) is 16.9 Å². The number of hydrogen-bond acceptors (Lipinski definition) is 4. The summed E-state index contributed by atoms with van der Waals surface area (Å²) in [6.45, 7) is 0. The summed E-state index contributed by atoms with van der Waals surface area (Å²) >= 11 is 5.82. The van der Waals surface area contributed by atoms with Gasteiger partial charge in [-0.05, 0) is 24.3 Å². The Morgan fingerprint density at radius 1 is 1.00 bits per heavy atom. The van der Waals surface area contributed by atoms with Crippen molar-refractivity contribution in [3.63, 3.8) is 0 Å². The zero-order chi connectivity index (χ0) is 14.4. The van der Waals surface area contributed by atoms with Crippen LogP contribution in [-0.2, 0) is 14.1 Å². The fourth-order valence-electron chi connectivity index (χ4n) is 1.91. The maximum Gasteiger partial charge on any atom is 0.332 e. The van der Waals surface area contributed by atoms with Crippen molar-refractivity contribution in [2.75, 3.05) is 0 Å². The van der Waals surface area contributed by atoms with Crippen molar-refractivity contribution in [1.82, 2.24) is 24.1 Å². The minimum absolute atomic E-state index is 0.143. The second-order valence-corrected chi connectivity index (χ2v) is 4.78. The summed E-state index contributed by atoms with van der Waals surface area (Å²) in [7, 11) is 2.95. The number of aromatic nitrogens is 5. The molecule has 102 valence electrons. The molecular weight excluding hydrogens is 282 g/mol. The summed E-state index contributed by atoms with van der Waals surface area (Å²) < 4.78 is 2.29. The van der Waals surface area contributed by atoms with Gasteiger partial charge in [0, 0.05) is 19.1 Å². The Morgan fingerprint density at radius 2 is 1.65 bits per heavy atom. The molecule has 20 heavy (non-hydrogen) atoms. The molecule has 3 aromatic rings. The van der Waals surface area contributed by atoms with E-state index in [2.05, 4.69) is 10.2 Å². The van der Waals surface area contributed by atoms with E-state index in [0.29, 0.717) is 10.7 Å². The predicted molar refractivity (Wildman–Crippen MR) is 74.4 cm³/mol. The minimum atomic E-state index is -0.469. The van der Waals surface area contributed by atoms with Gasteiger partial charge in [0.1, 0.15) is 0 Å². The van der Waals surface area contributed by atoms with Crippen molar-refractivity contribution in [3.05, 3.63) is 50.1 Å². The Labute approximate surface area is 117 Å². The first-order chi connectivity index (χ1) is 9.49. The van der Waals surface area contributed by atoms with Crippen molar-refractivity contribution < 1.29 is 0 Å². The summed E-state index contributed by atoms with van der Waals surface area (Å²) in [6, 6.07) is 6.84. The number of benzene rings is 1. The molecule has 3 rings (SSSR count). The molecule has 0 N–H and O–H groups in total. The zero-order valence-electron chi connectivity index (χ0n) is 10.7. The van der Waals surface area contributed by atoms with E-state index in [1.807, 2.05) is 0 Å². The molecule has 0 bridgehead atoms. The quantitative estimate of drug-likeness (QED) is 0.653. The van der Waals surface area contributed by atoms with Crippen molar-refractivity contribution in [2.45, 2.75) is 0 Å². The van der Waals surface area contributed by atoms with Gasteiger partial charge in [-0.1, -0.05) is 11.6 Å². The summed E-state index contributed by atoms with van der Waals surface area (Å²) in [5.74, 6) is 0.